The average molecular weight is 492 g/mol. The van der Waals surface area contributed by atoms with Crippen molar-refractivity contribution in [2.24, 2.45) is 0 Å². The van der Waals surface area contributed by atoms with E-state index >= 15 is 0 Å². The summed E-state index contributed by atoms with van der Waals surface area (Å²) in [4.78, 5) is 43.9. The number of carbonyl (C=O) groups excluding carboxylic acids is 2. The number of nitrogens with zero attached hydrogens (tertiary/aromatic N) is 2. The number of aliphatic carboxylic acids is 1. The second-order valence-electron chi connectivity index (χ2n) is 6.21. The smallest absolute Gasteiger partial charge is 0.352 e. The Balaban J connectivity index is 1.76. The van der Waals surface area contributed by atoms with E-state index in [4.69, 9.17) is 34.8 Å². The Labute approximate surface area is 196 Å². The van der Waals surface area contributed by atoms with Crippen molar-refractivity contribution in [3.8, 4) is 0 Å². The summed E-state index contributed by atoms with van der Waals surface area (Å²) in [6.45, 7) is 0. The zero-order valence-corrected chi connectivity index (χ0v) is 18.2. The van der Waals surface area contributed by atoms with Gasteiger partial charge in [0.2, 0.25) is 0 Å². The normalized spacial score (nSPS) is 11.0. The van der Waals surface area contributed by atoms with Crippen LogP contribution in [0.4, 0.5) is 5.69 Å². The Bertz CT molecular complexity index is 1210. The summed E-state index contributed by atoms with van der Waals surface area (Å²) in [5.41, 5.74) is 0.615. The molecule has 2 aromatic heterocycles. The molecule has 1 aromatic carbocycles. The molecule has 0 aliphatic rings. The first-order valence-electron chi connectivity index (χ1n) is 8.83. The van der Waals surface area contributed by atoms with Gasteiger partial charge in [0.05, 0.1) is 21.2 Å². The number of hydrogen-bond acceptors (Lipinski definition) is 5. The zero-order chi connectivity index (χ0) is 23.3. The predicted molar refractivity (Wildman–Crippen MR) is 121 cm³/mol. The van der Waals surface area contributed by atoms with E-state index in [0.29, 0.717) is 11.3 Å². The lowest BCUT2D eigenvalue weighted by Crippen LogP contribution is -2.27. The molecule has 0 bridgehead atoms. The fraction of sp³-hybridized carbons (Fsp3) is 0. The number of amides is 2. The van der Waals surface area contributed by atoms with Crippen LogP contribution in [0.5, 0.6) is 0 Å². The molecular formula is C21H13Cl3N4O4. The van der Waals surface area contributed by atoms with Gasteiger partial charge in [-0.2, -0.15) is 0 Å². The summed E-state index contributed by atoms with van der Waals surface area (Å²) >= 11 is 17.8. The van der Waals surface area contributed by atoms with Gasteiger partial charge in [-0.15, -0.1) is 0 Å². The summed E-state index contributed by atoms with van der Waals surface area (Å²) < 4.78 is 0. The van der Waals surface area contributed by atoms with E-state index in [2.05, 4.69) is 20.6 Å². The Kier molecular flexibility index (Phi) is 7.42. The molecule has 0 saturated heterocycles. The molecule has 0 unspecified atom stereocenters. The second-order valence-corrected chi connectivity index (χ2v) is 7.39. The number of anilines is 1. The molecule has 3 aromatic rings. The van der Waals surface area contributed by atoms with Crippen LogP contribution in [-0.2, 0) is 4.79 Å². The van der Waals surface area contributed by atoms with Crippen LogP contribution in [0.25, 0.3) is 6.08 Å². The molecule has 8 nitrogen and oxygen atoms in total. The number of rotatable bonds is 6. The number of carbonyl (C=O) groups is 3. The highest BCUT2D eigenvalue weighted by Gasteiger charge is 2.17. The predicted octanol–water partition coefficient (Wildman–Crippen LogP) is 4.54. The fourth-order valence-electron chi connectivity index (χ4n) is 2.55. The molecule has 2 amide bonds. The van der Waals surface area contributed by atoms with Gasteiger partial charge in [-0.1, -0.05) is 46.9 Å². The summed E-state index contributed by atoms with van der Waals surface area (Å²) in [5.74, 6) is -2.60. The van der Waals surface area contributed by atoms with Gasteiger partial charge in [0.1, 0.15) is 10.9 Å². The number of aromatic nitrogens is 2. The Hall–Kier alpha value is -3.46. The Morgan fingerprint density at radius 1 is 0.938 bits per heavy atom. The minimum absolute atomic E-state index is 0.0350. The quantitative estimate of drug-likeness (QED) is 0.344. The molecule has 11 heteroatoms. The first kappa shape index (κ1) is 23.2. The van der Waals surface area contributed by atoms with Crippen molar-refractivity contribution in [3.05, 3.63) is 92.6 Å². The first-order chi connectivity index (χ1) is 15.3. The van der Waals surface area contributed by atoms with Crippen molar-refractivity contribution in [3.63, 3.8) is 0 Å². The van der Waals surface area contributed by atoms with Gasteiger partial charge in [0.15, 0.2) is 0 Å². The lowest BCUT2D eigenvalue weighted by Gasteiger charge is -2.09. The van der Waals surface area contributed by atoms with Crippen LogP contribution < -0.4 is 10.6 Å². The van der Waals surface area contributed by atoms with Crippen LogP contribution in [0.2, 0.25) is 15.2 Å². The molecule has 0 spiro atoms. The van der Waals surface area contributed by atoms with Crippen molar-refractivity contribution < 1.29 is 19.5 Å². The second kappa shape index (κ2) is 10.2. The third-order valence-electron chi connectivity index (χ3n) is 4.04. The van der Waals surface area contributed by atoms with Crippen molar-refractivity contribution in [2.45, 2.75) is 0 Å². The number of benzene rings is 1. The van der Waals surface area contributed by atoms with Crippen molar-refractivity contribution >= 4 is 64.3 Å². The fourth-order valence-corrected chi connectivity index (χ4v) is 3.29. The molecule has 0 aliphatic carbocycles. The molecule has 3 N–H and O–H groups in total. The van der Waals surface area contributed by atoms with Crippen LogP contribution in [0.15, 0.2) is 60.7 Å². The average Bonchev–Trinajstić information content (AvgIpc) is 2.74. The molecule has 0 aliphatic heterocycles. The van der Waals surface area contributed by atoms with Crippen LogP contribution in [0, 0.1) is 0 Å². The van der Waals surface area contributed by atoms with Crippen LogP contribution >= 0.6 is 34.8 Å². The highest BCUT2D eigenvalue weighted by atomic mass is 35.5. The van der Waals surface area contributed by atoms with Crippen LogP contribution in [0.1, 0.15) is 26.3 Å². The highest BCUT2D eigenvalue weighted by molar-refractivity contribution is 6.40. The molecule has 0 radical (unpaired) electrons. The summed E-state index contributed by atoms with van der Waals surface area (Å²) in [5, 5.41) is 14.5. The maximum atomic E-state index is 12.4. The van der Waals surface area contributed by atoms with Crippen molar-refractivity contribution in [2.75, 3.05) is 5.32 Å². The SMILES string of the molecule is O=C(O)/C(=C\c1ccc(NC(=O)c2c(Cl)cncc2Cl)cc1)NC(=O)c1cccnc1Cl. The molecule has 0 fully saturated rings. The monoisotopic (exact) mass is 490 g/mol. The Morgan fingerprint density at radius 3 is 2.19 bits per heavy atom. The lowest BCUT2D eigenvalue weighted by atomic mass is 10.1. The van der Waals surface area contributed by atoms with E-state index < -0.39 is 17.8 Å². The molecule has 3 rings (SSSR count). The lowest BCUT2D eigenvalue weighted by molar-refractivity contribution is -0.132. The zero-order valence-electron chi connectivity index (χ0n) is 16.0. The number of carboxylic acid groups (broad SMARTS) is 1. The first-order valence-corrected chi connectivity index (χ1v) is 9.97. The molecule has 2 heterocycles. The maximum absolute atomic E-state index is 12.4. The van der Waals surface area contributed by atoms with E-state index in [9.17, 15) is 19.5 Å². The van der Waals surface area contributed by atoms with E-state index in [1.54, 1.807) is 24.3 Å². The van der Waals surface area contributed by atoms with E-state index in [1.165, 1.54) is 36.8 Å². The van der Waals surface area contributed by atoms with Gasteiger partial charge in [-0.25, -0.2) is 9.78 Å². The third kappa shape index (κ3) is 5.61. The van der Waals surface area contributed by atoms with Gasteiger partial charge < -0.3 is 15.7 Å². The molecular weight excluding hydrogens is 479 g/mol. The van der Waals surface area contributed by atoms with E-state index in [-0.39, 0.29) is 32.0 Å². The topological polar surface area (TPSA) is 121 Å². The Morgan fingerprint density at radius 2 is 1.59 bits per heavy atom. The molecule has 0 saturated carbocycles. The van der Waals surface area contributed by atoms with Crippen molar-refractivity contribution in [1.82, 2.24) is 15.3 Å². The summed E-state index contributed by atoms with van der Waals surface area (Å²) in [7, 11) is 0. The number of carboxylic acids is 1. The minimum atomic E-state index is -1.35. The van der Waals surface area contributed by atoms with Gasteiger partial charge in [-0.05, 0) is 35.9 Å². The van der Waals surface area contributed by atoms with E-state index in [1.807, 2.05) is 0 Å². The molecule has 0 atom stereocenters. The van der Waals surface area contributed by atoms with E-state index in [0.717, 1.165) is 0 Å². The summed E-state index contributed by atoms with van der Waals surface area (Å²) in [6.07, 6.45) is 5.27. The van der Waals surface area contributed by atoms with Gasteiger partial charge in [0.25, 0.3) is 11.8 Å². The van der Waals surface area contributed by atoms with Crippen LogP contribution in [-0.4, -0.2) is 32.9 Å². The number of pyridine rings is 2. The standard InChI is InChI=1S/C21H13Cl3N4O4/c22-14-9-25-10-15(23)17(14)20(30)27-12-5-3-11(4-6-12)8-16(21(31)32)28-19(29)13-2-1-7-26-18(13)24/h1-10H,(H,27,30)(H,28,29)(H,31,32)/b16-8+. The highest BCUT2D eigenvalue weighted by Crippen LogP contribution is 2.24. The number of halogens is 3. The largest absolute Gasteiger partial charge is 0.477 e. The van der Waals surface area contributed by atoms with Gasteiger partial charge >= 0.3 is 5.97 Å². The van der Waals surface area contributed by atoms with Gasteiger partial charge in [-0.3, -0.25) is 14.6 Å². The molecule has 162 valence electrons. The number of hydrogen-bond donors (Lipinski definition) is 3. The summed E-state index contributed by atoms with van der Waals surface area (Å²) in [6, 6.07) is 9.13. The van der Waals surface area contributed by atoms with Crippen molar-refractivity contribution in [1.29, 1.82) is 0 Å². The minimum Gasteiger partial charge on any atom is -0.477 e. The van der Waals surface area contributed by atoms with Crippen LogP contribution in [0.3, 0.4) is 0 Å². The molecule has 32 heavy (non-hydrogen) atoms. The maximum Gasteiger partial charge on any atom is 0.352 e. The van der Waals surface area contributed by atoms with Gasteiger partial charge in [0, 0.05) is 24.3 Å². The third-order valence-corrected chi connectivity index (χ3v) is 4.92. The number of nitrogens with one attached hydrogen (secondary N) is 2.